The molecule has 6 heteroatoms. The molecule has 5 aromatic rings. The number of benzene rings is 5. The van der Waals surface area contributed by atoms with Gasteiger partial charge < -0.3 is 18.9 Å². The largest absolute Gasteiger partial charge is 0.496 e. The molecule has 6 nitrogen and oxygen atoms in total. The number of fused-ring (bicyclic) bond motifs is 18. The second-order valence-electron chi connectivity index (χ2n) is 12.5. The summed E-state index contributed by atoms with van der Waals surface area (Å²) in [5.41, 5.74) is 11.5. The number of esters is 2. The van der Waals surface area contributed by atoms with Gasteiger partial charge in [0.05, 0.1) is 39.6 Å². The van der Waals surface area contributed by atoms with Crippen molar-refractivity contribution in [3.63, 3.8) is 0 Å². The van der Waals surface area contributed by atoms with E-state index < -0.39 is 0 Å². The Labute approximate surface area is 254 Å². The number of methoxy groups -OCH3 is 4. The van der Waals surface area contributed by atoms with Crippen LogP contribution < -0.4 is 9.47 Å². The maximum atomic E-state index is 12.3. The monoisotopic (exact) mass is 582 g/mol. The lowest BCUT2D eigenvalue weighted by Crippen LogP contribution is -2.14. The Morgan fingerprint density at radius 2 is 0.841 bits per heavy atom. The average Bonchev–Trinajstić information content (AvgIpc) is 3.82. The first-order chi connectivity index (χ1) is 21.4. The smallest absolute Gasteiger partial charge is 0.337 e. The Morgan fingerprint density at radius 1 is 0.500 bits per heavy atom. The first-order valence-corrected chi connectivity index (χ1v) is 15.1. The molecule has 0 aromatic heterocycles. The number of carbonyl (C=O) groups excluding carboxylic acids is 2. The van der Waals surface area contributed by atoms with Crippen molar-refractivity contribution >= 4 is 33.5 Å². The van der Waals surface area contributed by atoms with Gasteiger partial charge in [-0.1, -0.05) is 36.4 Å². The fraction of sp³-hybridized carbons (Fsp3) is 0.263. The quantitative estimate of drug-likeness (QED) is 0.204. The second kappa shape index (κ2) is 8.85. The zero-order valence-electron chi connectivity index (χ0n) is 24.9. The summed E-state index contributed by atoms with van der Waals surface area (Å²) in [7, 11) is 6.44. The normalized spacial score (nSPS) is 21.2. The number of ether oxygens (including phenoxy) is 4. The van der Waals surface area contributed by atoms with Gasteiger partial charge in [0.15, 0.2) is 0 Å². The first-order valence-electron chi connectivity index (χ1n) is 15.1. The summed E-state index contributed by atoms with van der Waals surface area (Å²) in [6, 6.07) is 20.7. The molecule has 0 unspecified atom stereocenters. The van der Waals surface area contributed by atoms with Crippen molar-refractivity contribution in [3.05, 3.63) is 116 Å². The molecule has 4 bridgehead atoms. The molecule has 0 heterocycles. The predicted molar refractivity (Wildman–Crippen MR) is 167 cm³/mol. The highest BCUT2D eigenvalue weighted by molar-refractivity contribution is 5.97. The van der Waals surface area contributed by atoms with E-state index in [0.29, 0.717) is 11.1 Å². The van der Waals surface area contributed by atoms with E-state index in [-0.39, 0.29) is 35.6 Å². The summed E-state index contributed by atoms with van der Waals surface area (Å²) in [5.74, 6) is 2.22. The van der Waals surface area contributed by atoms with Crippen LogP contribution in [0.4, 0.5) is 0 Å². The van der Waals surface area contributed by atoms with Crippen LogP contribution >= 0.6 is 0 Å². The molecule has 44 heavy (non-hydrogen) atoms. The van der Waals surface area contributed by atoms with Crippen molar-refractivity contribution in [3.8, 4) is 11.5 Å². The van der Waals surface area contributed by atoms with Gasteiger partial charge in [-0.3, -0.25) is 0 Å². The van der Waals surface area contributed by atoms with E-state index in [1.54, 1.807) is 7.11 Å². The van der Waals surface area contributed by atoms with E-state index in [4.69, 9.17) is 18.9 Å². The van der Waals surface area contributed by atoms with E-state index >= 15 is 0 Å². The minimum atomic E-state index is -0.328. The van der Waals surface area contributed by atoms with Gasteiger partial charge in [-0.05, 0) is 80.9 Å². The van der Waals surface area contributed by atoms with Gasteiger partial charge >= 0.3 is 11.9 Å². The lowest BCUT2D eigenvalue weighted by Gasteiger charge is -2.31. The molecule has 9 rings (SSSR count). The molecule has 0 aliphatic heterocycles. The molecule has 0 spiro atoms. The molecular weight excluding hydrogens is 552 g/mol. The summed E-state index contributed by atoms with van der Waals surface area (Å²) in [6.45, 7) is 0. The third-order valence-electron chi connectivity index (χ3n) is 10.7. The Bertz CT molecular complexity index is 2000. The zero-order chi connectivity index (χ0) is 30.0. The molecule has 0 fully saturated rings. The average molecular weight is 583 g/mol. The van der Waals surface area contributed by atoms with E-state index in [0.717, 1.165) is 45.9 Å². The van der Waals surface area contributed by atoms with Gasteiger partial charge in [0, 0.05) is 45.9 Å². The van der Waals surface area contributed by atoms with Crippen LogP contribution in [0.25, 0.3) is 21.5 Å². The van der Waals surface area contributed by atoms with Crippen LogP contribution in [0, 0.1) is 0 Å². The molecular formula is C38H30O6. The third-order valence-corrected chi connectivity index (χ3v) is 10.7. The number of hydrogen-bond acceptors (Lipinski definition) is 6. The van der Waals surface area contributed by atoms with Crippen LogP contribution in [0.2, 0.25) is 0 Å². The van der Waals surface area contributed by atoms with Crippen molar-refractivity contribution in [1.29, 1.82) is 0 Å². The third kappa shape index (κ3) is 3.10. The van der Waals surface area contributed by atoms with E-state index in [2.05, 4.69) is 24.3 Å². The maximum Gasteiger partial charge on any atom is 0.337 e. The summed E-state index contributed by atoms with van der Waals surface area (Å²) in [6.07, 6.45) is 1.98. The van der Waals surface area contributed by atoms with Crippen molar-refractivity contribution in [2.24, 2.45) is 0 Å². The van der Waals surface area contributed by atoms with Crippen LogP contribution in [0.15, 0.2) is 60.7 Å². The van der Waals surface area contributed by atoms with Crippen molar-refractivity contribution in [2.75, 3.05) is 28.4 Å². The van der Waals surface area contributed by atoms with Crippen molar-refractivity contribution in [2.45, 2.75) is 36.5 Å². The summed E-state index contributed by atoms with van der Waals surface area (Å²) >= 11 is 0. The lowest BCUT2D eigenvalue weighted by molar-refractivity contribution is 0.0592. The maximum absolute atomic E-state index is 12.3. The van der Waals surface area contributed by atoms with Crippen LogP contribution in [0.5, 0.6) is 11.5 Å². The molecule has 218 valence electrons. The Balaban J connectivity index is 1.22. The lowest BCUT2D eigenvalue weighted by atomic mass is 9.76. The first kappa shape index (κ1) is 25.6. The highest BCUT2D eigenvalue weighted by Crippen LogP contribution is 2.69. The Hall–Kier alpha value is -4.84. The van der Waals surface area contributed by atoms with Gasteiger partial charge in [-0.2, -0.15) is 0 Å². The van der Waals surface area contributed by atoms with E-state index in [9.17, 15) is 9.59 Å². The molecule has 0 radical (unpaired) electrons. The number of carbonyl (C=O) groups is 2. The summed E-state index contributed by atoms with van der Waals surface area (Å²) < 4.78 is 22.7. The van der Waals surface area contributed by atoms with Gasteiger partial charge in [0.2, 0.25) is 0 Å². The zero-order valence-corrected chi connectivity index (χ0v) is 24.9. The molecule has 4 aliphatic rings. The second-order valence-corrected chi connectivity index (χ2v) is 12.5. The molecule has 0 saturated carbocycles. The molecule has 0 saturated heterocycles. The molecule has 4 aliphatic carbocycles. The highest BCUT2D eigenvalue weighted by atomic mass is 16.5. The molecule has 0 amide bonds. The predicted octanol–water partition coefficient (Wildman–Crippen LogP) is 7.55. The van der Waals surface area contributed by atoms with Crippen LogP contribution in [-0.2, 0) is 9.47 Å². The summed E-state index contributed by atoms with van der Waals surface area (Å²) in [4.78, 5) is 24.5. The van der Waals surface area contributed by atoms with Crippen LogP contribution in [0.1, 0.15) is 102 Å². The molecule has 5 aromatic carbocycles. The van der Waals surface area contributed by atoms with Gasteiger partial charge in [0.1, 0.15) is 11.5 Å². The minimum Gasteiger partial charge on any atom is -0.496 e. The van der Waals surface area contributed by atoms with Crippen LogP contribution in [-0.4, -0.2) is 40.4 Å². The Kier molecular flexibility index (Phi) is 5.16. The summed E-state index contributed by atoms with van der Waals surface area (Å²) in [5, 5.41) is 4.32. The van der Waals surface area contributed by atoms with Crippen LogP contribution in [0.3, 0.4) is 0 Å². The number of hydrogen-bond donors (Lipinski definition) is 0. The molecule has 0 N–H and O–H groups in total. The van der Waals surface area contributed by atoms with Crippen molar-refractivity contribution in [1.82, 2.24) is 0 Å². The fourth-order valence-electron chi connectivity index (χ4n) is 9.04. The Morgan fingerprint density at radius 3 is 1.16 bits per heavy atom. The van der Waals surface area contributed by atoms with Crippen molar-refractivity contribution < 1.29 is 28.5 Å². The standard InChI is InChI=1S/C38H30O6/c1-41-35-31-27-15-29(25-13-21-9-19(37(39)43-3)7-5-17(21)11-23(25)27)33(31)36(42-2)34-30-16-28(32(34)35)24-12-18-6-8-20(38(40)44-4)10-22(18)14-26(24)30/h5-14,27-30H,15-16H2,1-4H3/t27-,28+,29+,30-. The fourth-order valence-corrected chi connectivity index (χ4v) is 9.04. The van der Waals surface area contributed by atoms with Gasteiger partial charge in [-0.15, -0.1) is 0 Å². The highest BCUT2D eigenvalue weighted by Gasteiger charge is 2.52. The van der Waals surface area contributed by atoms with Gasteiger partial charge in [0.25, 0.3) is 0 Å². The van der Waals surface area contributed by atoms with Gasteiger partial charge in [-0.25, -0.2) is 9.59 Å². The number of rotatable bonds is 4. The van der Waals surface area contributed by atoms with E-state index in [1.165, 1.54) is 58.7 Å². The molecule has 4 atom stereocenters. The van der Waals surface area contributed by atoms with E-state index in [1.807, 2.05) is 43.5 Å². The SMILES string of the molecule is COC(=O)c1ccc2cc3c(cc2c1)[C@H]1C[C@@H]3c2c(OC)c3c(c(OC)c21)[C@H]1C[C@@H]3c2cc3ccc(C(=O)OC)cc3cc21. The minimum absolute atomic E-state index is 0.197. The topological polar surface area (TPSA) is 71.1 Å².